The summed E-state index contributed by atoms with van der Waals surface area (Å²) < 4.78 is 6.42. The van der Waals surface area contributed by atoms with Crippen LogP contribution in [0.1, 0.15) is 16.8 Å². The Bertz CT molecular complexity index is 670. The Kier molecular flexibility index (Phi) is 4.24. The van der Waals surface area contributed by atoms with Gasteiger partial charge in [-0.1, -0.05) is 0 Å². The molecule has 6 heteroatoms. The van der Waals surface area contributed by atoms with Gasteiger partial charge in [-0.25, -0.2) is 4.79 Å². The predicted octanol–water partition coefficient (Wildman–Crippen LogP) is 0.813. The summed E-state index contributed by atoms with van der Waals surface area (Å²) >= 11 is 0. The molecule has 0 fully saturated rings. The Hall–Kier alpha value is -2.08. The van der Waals surface area contributed by atoms with Crippen molar-refractivity contribution in [2.75, 3.05) is 27.2 Å². The van der Waals surface area contributed by atoms with Crippen molar-refractivity contribution in [1.82, 2.24) is 14.8 Å². The second-order valence-electron chi connectivity index (χ2n) is 5.02. The van der Waals surface area contributed by atoms with Crippen LogP contribution in [0.25, 0.3) is 11.1 Å². The highest BCUT2D eigenvalue weighted by Crippen LogP contribution is 2.14. The van der Waals surface area contributed by atoms with E-state index in [0.717, 1.165) is 13.0 Å². The van der Waals surface area contributed by atoms with Crippen LogP contribution >= 0.6 is 0 Å². The highest BCUT2D eigenvalue weighted by molar-refractivity contribution is 5.97. The minimum atomic E-state index is -0.427. The smallest absolute Gasteiger partial charge is 0.408 e. The normalized spacial score (nSPS) is 11.2. The fourth-order valence-electron chi connectivity index (χ4n) is 1.97. The zero-order chi connectivity index (χ0) is 14.7. The van der Waals surface area contributed by atoms with Crippen LogP contribution in [-0.2, 0) is 7.05 Å². The van der Waals surface area contributed by atoms with Crippen LogP contribution in [0.2, 0.25) is 0 Å². The molecule has 0 saturated heterocycles. The third-order valence-corrected chi connectivity index (χ3v) is 3.12. The molecular formula is C14H19N3O3. The summed E-state index contributed by atoms with van der Waals surface area (Å²) in [5, 5.41) is 2.86. The molecule has 6 nitrogen and oxygen atoms in total. The third kappa shape index (κ3) is 3.08. The first kappa shape index (κ1) is 14.3. The van der Waals surface area contributed by atoms with Crippen LogP contribution in [0.4, 0.5) is 0 Å². The van der Waals surface area contributed by atoms with Crippen molar-refractivity contribution < 1.29 is 9.21 Å². The molecule has 2 rings (SSSR count). The minimum absolute atomic E-state index is 0.140. The lowest BCUT2D eigenvalue weighted by Crippen LogP contribution is -2.27. The van der Waals surface area contributed by atoms with Gasteiger partial charge in [0.2, 0.25) is 0 Å². The highest BCUT2D eigenvalue weighted by atomic mass is 16.4. The van der Waals surface area contributed by atoms with Crippen LogP contribution in [0, 0.1) is 0 Å². The Morgan fingerprint density at radius 2 is 2.15 bits per heavy atom. The van der Waals surface area contributed by atoms with E-state index in [1.165, 1.54) is 4.57 Å². The molecule has 0 unspecified atom stereocenters. The number of oxazole rings is 1. The number of hydrogen-bond acceptors (Lipinski definition) is 4. The number of rotatable bonds is 5. The van der Waals surface area contributed by atoms with E-state index in [2.05, 4.69) is 10.2 Å². The van der Waals surface area contributed by atoms with Crippen molar-refractivity contribution in [3.63, 3.8) is 0 Å². The molecule has 1 aromatic heterocycles. The molecule has 0 radical (unpaired) electrons. The van der Waals surface area contributed by atoms with Gasteiger partial charge in [0.15, 0.2) is 5.58 Å². The Labute approximate surface area is 117 Å². The van der Waals surface area contributed by atoms with Crippen molar-refractivity contribution in [2.45, 2.75) is 6.42 Å². The molecule has 1 aromatic carbocycles. The molecule has 0 bridgehead atoms. The third-order valence-electron chi connectivity index (χ3n) is 3.12. The molecule has 1 N–H and O–H groups in total. The second-order valence-corrected chi connectivity index (χ2v) is 5.02. The number of amides is 1. The maximum atomic E-state index is 12.0. The van der Waals surface area contributed by atoms with Crippen LogP contribution < -0.4 is 11.1 Å². The number of aromatic nitrogens is 1. The van der Waals surface area contributed by atoms with Crippen molar-refractivity contribution in [2.24, 2.45) is 7.05 Å². The number of carbonyl (C=O) groups is 1. The van der Waals surface area contributed by atoms with Gasteiger partial charge < -0.3 is 14.6 Å². The molecule has 0 aliphatic heterocycles. The van der Waals surface area contributed by atoms with Gasteiger partial charge in [0.1, 0.15) is 0 Å². The quantitative estimate of drug-likeness (QED) is 0.821. The average Bonchev–Trinajstić information content (AvgIpc) is 2.69. The molecule has 0 aliphatic carbocycles. The molecule has 2 aromatic rings. The van der Waals surface area contributed by atoms with E-state index in [1.807, 2.05) is 14.1 Å². The molecule has 20 heavy (non-hydrogen) atoms. The van der Waals surface area contributed by atoms with E-state index in [9.17, 15) is 9.59 Å². The molecule has 0 aliphatic rings. The number of nitrogens with zero attached hydrogens (tertiary/aromatic N) is 2. The topological polar surface area (TPSA) is 67.5 Å². The van der Waals surface area contributed by atoms with E-state index >= 15 is 0 Å². The lowest BCUT2D eigenvalue weighted by atomic mass is 10.2. The van der Waals surface area contributed by atoms with Crippen molar-refractivity contribution in [3.05, 3.63) is 34.3 Å². The number of carbonyl (C=O) groups excluding carboxylic acids is 1. The van der Waals surface area contributed by atoms with Crippen LogP contribution in [0.15, 0.2) is 27.4 Å². The van der Waals surface area contributed by atoms with Gasteiger partial charge in [-0.15, -0.1) is 0 Å². The van der Waals surface area contributed by atoms with Crippen LogP contribution in [0.3, 0.4) is 0 Å². The maximum Gasteiger partial charge on any atom is 0.419 e. The van der Waals surface area contributed by atoms with E-state index in [4.69, 9.17) is 4.42 Å². The van der Waals surface area contributed by atoms with E-state index < -0.39 is 5.76 Å². The van der Waals surface area contributed by atoms with Gasteiger partial charge in [0.05, 0.1) is 5.52 Å². The molecule has 0 spiro atoms. The van der Waals surface area contributed by atoms with Crippen molar-refractivity contribution in [1.29, 1.82) is 0 Å². The summed E-state index contributed by atoms with van der Waals surface area (Å²) in [7, 11) is 5.61. The van der Waals surface area contributed by atoms with Crippen LogP contribution in [-0.4, -0.2) is 42.6 Å². The monoisotopic (exact) mass is 277 g/mol. The molecular weight excluding hydrogens is 258 g/mol. The van der Waals surface area contributed by atoms with Gasteiger partial charge >= 0.3 is 5.76 Å². The lowest BCUT2D eigenvalue weighted by Gasteiger charge is -2.09. The standard InChI is InChI=1S/C14H19N3O3/c1-16(2)8-4-7-15-13(18)10-5-6-12-11(9-10)17(3)14(19)20-12/h5-6,9H,4,7-8H2,1-3H3,(H,15,18). The van der Waals surface area contributed by atoms with Gasteiger partial charge in [0, 0.05) is 19.2 Å². The zero-order valence-electron chi connectivity index (χ0n) is 12.0. The summed E-state index contributed by atoms with van der Waals surface area (Å²) in [6.45, 7) is 1.55. The van der Waals surface area contributed by atoms with Crippen LogP contribution in [0.5, 0.6) is 0 Å². The first-order valence-corrected chi connectivity index (χ1v) is 6.51. The fraction of sp³-hybridized carbons (Fsp3) is 0.429. The minimum Gasteiger partial charge on any atom is -0.408 e. The first-order chi connectivity index (χ1) is 9.49. The molecule has 1 heterocycles. The summed E-state index contributed by atoms with van der Waals surface area (Å²) in [6.07, 6.45) is 0.894. The van der Waals surface area contributed by atoms with Gasteiger partial charge in [0.25, 0.3) is 5.91 Å². The highest BCUT2D eigenvalue weighted by Gasteiger charge is 2.10. The number of benzene rings is 1. The largest absolute Gasteiger partial charge is 0.419 e. The van der Waals surface area contributed by atoms with E-state index in [0.29, 0.717) is 23.2 Å². The summed E-state index contributed by atoms with van der Waals surface area (Å²) in [4.78, 5) is 25.5. The molecule has 108 valence electrons. The lowest BCUT2D eigenvalue weighted by molar-refractivity contribution is 0.0952. The molecule has 1 amide bonds. The summed E-state index contributed by atoms with van der Waals surface area (Å²) in [6, 6.07) is 4.97. The number of hydrogen-bond donors (Lipinski definition) is 1. The van der Waals surface area contributed by atoms with E-state index in [1.54, 1.807) is 25.2 Å². The van der Waals surface area contributed by atoms with Gasteiger partial charge in [-0.3, -0.25) is 9.36 Å². The second kappa shape index (κ2) is 5.92. The number of nitrogens with one attached hydrogen (secondary N) is 1. The molecule has 0 atom stereocenters. The van der Waals surface area contributed by atoms with Gasteiger partial charge in [-0.05, 0) is 45.3 Å². The number of fused-ring (bicyclic) bond motifs is 1. The Balaban J connectivity index is 2.07. The Morgan fingerprint density at radius 1 is 1.40 bits per heavy atom. The van der Waals surface area contributed by atoms with Gasteiger partial charge in [-0.2, -0.15) is 0 Å². The average molecular weight is 277 g/mol. The zero-order valence-corrected chi connectivity index (χ0v) is 12.0. The SMILES string of the molecule is CN(C)CCCNC(=O)c1ccc2oc(=O)n(C)c2c1. The van der Waals surface area contributed by atoms with Crippen molar-refractivity contribution >= 4 is 17.0 Å². The summed E-state index contributed by atoms with van der Waals surface area (Å²) in [5.41, 5.74) is 1.64. The van der Waals surface area contributed by atoms with Crippen molar-refractivity contribution in [3.8, 4) is 0 Å². The number of aryl methyl sites for hydroxylation is 1. The van der Waals surface area contributed by atoms with E-state index in [-0.39, 0.29) is 5.91 Å². The molecule has 0 saturated carbocycles. The first-order valence-electron chi connectivity index (χ1n) is 6.51. The Morgan fingerprint density at radius 3 is 2.85 bits per heavy atom. The maximum absolute atomic E-state index is 12.0. The fourth-order valence-corrected chi connectivity index (χ4v) is 1.97. The predicted molar refractivity (Wildman–Crippen MR) is 77.0 cm³/mol. The summed E-state index contributed by atoms with van der Waals surface area (Å²) in [5.74, 6) is -0.567.